The predicted octanol–water partition coefficient (Wildman–Crippen LogP) is 5.43. The molecule has 0 bridgehead atoms. The molecule has 5 aromatic rings. The van der Waals surface area contributed by atoms with Gasteiger partial charge in [-0.25, -0.2) is 14.8 Å². The molecule has 0 N–H and O–H groups in total. The molecular weight excluding hydrogens is 384 g/mol. The second-order valence-corrected chi connectivity index (χ2v) is 7.90. The molecule has 0 saturated heterocycles. The number of hydrazone groups is 1. The highest BCUT2D eigenvalue weighted by Gasteiger charge is 2.24. The summed E-state index contributed by atoms with van der Waals surface area (Å²) in [6.07, 6.45) is 0. The van der Waals surface area contributed by atoms with Crippen molar-refractivity contribution < 1.29 is 4.79 Å². The summed E-state index contributed by atoms with van der Waals surface area (Å²) < 4.78 is 0. The Balaban J connectivity index is 1.48. The van der Waals surface area contributed by atoms with Gasteiger partial charge in [-0.1, -0.05) is 78.9 Å². The minimum atomic E-state index is -0.256. The van der Waals surface area contributed by atoms with E-state index in [1.807, 2.05) is 12.1 Å². The minimum absolute atomic E-state index is 0.256. The third-order valence-corrected chi connectivity index (χ3v) is 6.03. The van der Waals surface area contributed by atoms with Crippen LogP contribution < -0.4 is 5.43 Å². The Morgan fingerprint density at radius 3 is 1.97 bits per heavy atom. The summed E-state index contributed by atoms with van der Waals surface area (Å²) in [5.74, 6) is 0.520. The van der Waals surface area contributed by atoms with E-state index in [1.165, 1.54) is 47.9 Å². The van der Waals surface area contributed by atoms with E-state index in [9.17, 15) is 4.79 Å². The Bertz CT molecular complexity index is 1490. The Morgan fingerprint density at radius 2 is 1.26 bits per heavy atom. The Hall–Kier alpha value is -4.12. The molecule has 1 aliphatic heterocycles. The molecule has 0 saturated carbocycles. The fourth-order valence-electron chi connectivity index (χ4n) is 4.50. The lowest BCUT2D eigenvalue weighted by Crippen LogP contribution is -2.48. The average Bonchev–Trinajstić information content (AvgIpc) is 2.81. The van der Waals surface area contributed by atoms with Crippen LogP contribution in [0.2, 0.25) is 0 Å². The largest absolute Gasteiger partial charge is 0.360 e. The summed E-state index contributed by atoms with van der Waals surface area (Å²) in [6, 6.07) is 27.6. The molecule has 0 aromatic heterocycles. The molecule has 6 rings (SSSR count). The second kappa shape index (κ2) is 6.44. The lowest BCUT2D eigenvalue weighted by molar-refractivity contribution is 0.155. The number of amidine groups is 1. The number of amides is 2. The maximum atomic E-state index is 11.9. The van der Waals surface area contributed by atoms with Gasteiger partial charge in [0.15, 0.2) is 5.84 Å². The van der Waals surface area contributed by atoms with E-state index in [0.29, 0.717) is 5.84 Å². The number of hydrogen-bond donors (Lipinski definition) is 0. The molecule has 1 aliphatic rings. The summed E-state index contributed by atoms with van der Waals surface area (Å²) in [5, 5.41) is 14.6. The zero-order valence-corrected chi connectivity index (χ0v) is 17.2. The van der Waals surface area contributed by atoms with Crippen molar-refractivity contribution in [2.75, 3.05) is 14.1 Å². The Kier molecular flexibility index (Phi) is 3.68. The first-order valence-corrected chi connectivity index (χ1v) is 10.2. The molecule has 5 nitrogen and oxygen atoms in total. The van der Waals surface area contributed by atoms with E-state index in [-0.39, 0.29) is 6.03 Å². The van der Waals surface area contributed by atoms with Crippen molar-refractivity contribution >= 4 is 44.2 Å². The van der Waals surface area contributed by atoms with Gasteiger partial charge in [-0.3, -0.25) is 0 Å². The van der Waals surface area contributed by atoms with Crippen LogP contribution in [0.5, 0.6) is 0 Å². The van der Waals surface area contributed by atoms with Crippen LogP contribution in [-0.4, -0.2) is 36.0 Å². The van der Waals surface area contributed by atoms with Gasteiger partial charge in [-0.05, 0) is 43.4 Å². The summed E-state index contributed by atoms with van der Waals surface area (Å²) in [4.78, 5) is 11.9. The monoisotopic (exact) mass is 403 g/mol. The van der Waals surface area contributed by atoms with Gasteiger partial charge >= 0.3 is 6.03 Å². The average molecular weight is 403 g/mol. The van der Waals surface area contributed by atoms with Gasteiger partial charge in [-0.15, -0.1) is 10.5 Å². The van der Waals surface area contributed by atoms with Crippen LogP contribution in [0, 0.1) is 0 Å². The maximum absolute atomic E-state index is 11.9. The molecule has 0 fully saturated rings. The van der Waals surface area contributed by atoms with Crippen LogP contribution in [0.1, 0.15) is 5.56 Å². The van der Waals surface area contributed by atoms with Gasteiger partial charge in [0.25, 0.3) is 0 Å². The highest BCUT2D eigenvalue weighted by Crippen LogP contribution is 2.39. The lowest BCUT2D eigenvalue weighted by Gasteiger charge is -2.26. The maximum Gasteiger partial charge on any atom is 0.360 e. The molecule has 149 valence electrons. The topological polar surface area (TPSA) is 50.0 Å². The number of urea groups is 1. The SMILES string of the molecule is CN1[N]C(c2ccc(-c3ccc4ccc5cccc6ccc3c4c56)cc2)=NN(C)C1=O. The first-order chi connectivity index (χ1) is 15.1. The molecule has 5 aromatic carbocycles. The summed E-state index contributed by atoms with van der Waals surface area (Å²) >= 11 is 0. The van der Waals surface area contributed by atoms with Gasteiger partial charge in [0.1, 0.15) is 0 Å². The van der Waals surface area contributed by atoms with Gasteiger partial charge in [0, 0.05) is 19.7 Å². The van der Waals surface area contributed by atoms with Gasteiger partial charge in [-0.2, -0.15) is 0 Å². The van der Waals surface area contributed by atoms with Gasteiger partial charge in [0.05, 0.1) is 0 Å². The van der Waals surface area contributed by atoms with Crippen molar-refractivity contribution in [3.05, 3.63) is 84.4 Å². The smallest absolute Gasteiger partial charge is 0.244 e. The van der Waals surface area contributed by atoms with Crippen LogP contribution in [-0.2, 0) is 0 Å². The van der Waals surface area contributed by atoms with E-state index in [2.05, 4.69) is 77.3 Å². The molecule has 0 spiro atoms. The molecule has 1 radical (unpaired) electrons. The standard InChI is InChI=1S/C26H19N4O/c1-29-26(31)30(2)28-25(27-29)20-10-6-16(7-11-20)21-14-12-19-9-8-17-4-3-5-18-13-15-22(21)24(19)23(17)18/h3-15H,1-2H3. The van der Waals surface area contributed by atoms with Crippen LogP contribution in [0.25, 0.3) is 43.4 Å². The number of hydrogen-bond acceptors (Lipinski definition) is 2. The van der Waals surface area contributed by atoms with E-state index in [1.54, 1.807) is 14.1 Å². The van der Waals surface area contributed by atoms with Crippen molar-refractivity contribution in [1.82, 2.24) is 15.4 Å². The highest BCUT2D eigenvalue weighted by molar-refractivity contribution is 6.25. The minimum Gasteiger partial charge on any atom is -0.244 e. The fourth-order valence-corrected chi connectivity index (χ4v) is 4.50. The Morgan fingerprint density at radius 1 is 0.645 bits per heavy atom. The third-order valence-electron chi connectivity index (χ3n) is 6.03. The van der Waals surface area contributed by atoms with Crippen molar-refractivity contribution in [3.8, 4) is 11.1 Å². The molecule has 31 heavy (non-hydrogen) atoms. The van der Waals surface area contributed by atoms with Gasteiger partial charge < -0.3 is 0 Å². The molecule has 1 heterocycles. The molecule has 5 heteroatoms. The first kappa shape index (κ1) is 17.7. The zero-order chi connectivity index (χ0) is 21.1. The van der Waals surface area contributed by atoms with Crippen LogP contribution in [0.4, 0.5) is 4.79 Å². The summed E-state index contributed by atoms with van der Waals surface area (Å²) in [7, 11) is 3.26. The normalized spacial score (nSPS) is 14.5. The predicted molar refractivity (Wildman–Crippen MR) is 125 cm³/mol. The van der Waals surface area contributed by atoms with Crippen LogP contribution >= 0.6 is 0 Å². The van der Waals surface area contributed by atoms with Crippen LogP contribution in [0.3, 0.4) is 0 Å². The van der Waals surface area contributed by atoms with Gasteiger partial charge in [0.2, 0.25) is 0 Å². The second-order valence-electron chi connectivity index (χ2n) is 7.90. The molecular formula is C26H19N4O. The third kappa shape index (κ3) is 2.63. The summed E-state index contributed by atoms with van der Waals surface area (Å²) in [5.41, 5.74) is 7.49. The van der Waals surface area contributed by atoms with E-state index < -0.39 is 0 Å². The van der Waals surface area contributed by atoms with Crippen molar-refractivity contribution in [2.24, 2.45) is 5.10 Å². The molecule has 0 atom stereocenters. The highest BCUT2D eigenvalue weighted by atomic mass is 16.2. The van der Waals surface area contributed by atoms with E-state index >= 15 is 0 Å². The number of benzene rings is 5. The summed E-state index contributed by atoms with van der Waals surface area (Å²) in [6.45, 7) is 0. The van der Waals surface area contributed by atoms with E-state index in [4.69, 9.17) is 0 Å². The zero-order valence-electron chi connectivity index (χ0n) is 17.2. The number of carbonyl (C=O) groups is 1. The lowest BCUT2D eigenvalue weighted by atomic mass is 9.90. The molecule has 0 unspecified atom stereocenters. The van der Waals surface area contributed by atoms with Crippen molar-refractivity contribution in [3.63, 3.8) is 0 Å². The first-order valence-electron chi connectivity index (χ1n) is 10.2. The number of nitrogens with zero attached hydrogens (tertiary/aromatic N) is 4. The number of carbonyl (C=O) groups excluding carboxylic acids is 1. The van der Waals surface area contributed by atoms with Crippen molar-refractivity contribution in [2.45, 2.75) is 0 Å². The van der Waals surface area contributed by atoms with Crippen LogP contribution in [0.15, 0.2) is 84.0 Å². The van der Waals surface area contributed by atoms with E-state index in [0.717, 1.165) is 11.1 Å². The molecule has 2 amide bonds. The molecule has 0 aliphatic carbocycles. The van der Waals surface area contributed by atoms with Crippen molar-refractivity contribution in [1.29, 1.82) is 0 Å². The fraction of sp³-hybridized carbons (Fsp3) is 0.0769. The Labute approximate surface area is 179 Å². The number of rotatable bonds is 2. The quantitative estimate of drug-likeness (QED) is 0.363.